The minimum absolute atomic E-state index is 0.0308. The number of aliphatic hydroxyl groups excluding tert-OH is 1. The Labute approximate surface area is 118 Å². The van der Waals surface area contributed by atoms with E-state index in [0.29, 0.717) is 0 Å². The molecular formula is C15H20N2OS. The molecule has 1 unspecified atom stereocenters. The fourth-order valence-corrected chi connectivity index (χ4v) is 2.70. The number of thiazole rings is 1. The molecule has 1 aromatic heterocycles. The molecule has 102 valence electrons. The third kappa shape index (κ3) is 4.13. The quantitative estimate of drug-likeness (QED) is 0.817. The topological polar surface area (TPSA) is 45.1 Å². The fraction of sp³-hybridized carbons (Fsp3) is 0.400. The molecule has 1 heterocycles. The van der Waals surface area contributed by atoms with Crippen LogP contribution in [0, 0.1) is 0 Å². The number of aliphatic hydroxyl groups is 1. The molecule has 0 spiro atoms. The number of nitrogens with zero attached hydrogens (tertiary/aromatic N) is 1. The van der Waals surface area contributed by atoms with E-state index in [9.17, 15) is 0 Å². The van der Waals surface area contributed by atoms with Gasteiger partial charge in [0.05, 0.1) is 12.3 Å². The van der Waals surface area contributed by atoms with Crippen molar-refractivity contribution >= 4 is 11.3 Å². The van der Waals surface area contributed by atoms with Crippen LogP contribution in [0.4, 0.5) is 0 Å². The van der Waals surface area contributed by atoms with Gasteiger partial charge in [-0.2, -0.15) is 0 Å². The second-order valence-electron chi connectivity index (χ2n) is 4.51. The molecule has 0 bridgehead atoms. The summed E-state index contributed by atoms with van der Waals surface area (Å²) in [5, 5.41) is 15.5. The predicted molar refractivity (Wildman–Crippen MR) is 79.2 cm³/mol. The molecule has 0 aliphatic rings. The smallest absolute Gasteiger partial charge is 0.118 e. The number of rotatable bonds is 7. The molecule has 2 rings (SSSR count). The number of nitrogens with one attached hydrogen (secondary N) is 1. The summed E-state index contributed by atoms with van der Waals surface area (Å²) in [6.45, 7) is 3.20. The van der Waals surface area contributed by atoms with Crippen molar-refractivity contribution in [3.8, 4) is 0 Å². The van der Waals surface area contributed by atoms with Gasteiger partial charge in [0.2, 0.25) is 0 Å². The monoisotopic (exact) mass is 276 g/mol. The van der Waals surface area contributed by atoms with Gasteiger partial charge in [-0.05, 0) is 18.5 Å². The van der Waals surface area contributed by atoms with Crippen molar-refractivity contribution in [2.24, 2.45) is 0 Å². The molecule has 0 aliphatic heterocycles. The summed E-state index contributed by atoms with van der Waals surface area (Å²) in [4.78, 5) is 4.43. The lowest BCUT2D eigenvalue weighted by molar-refractivity contribution is 0.281. The highest BCUT2D eigenvalue weighted by Gasteiger charge is 2.13. The van der Waals surface area contributed by atoms with Crippen LogP contribution >= 0.6 is 11.3 Å². The van der Waals surface area contributed by atoms with E-state index in [1.165, 1.54) is 16.9 Å². The molecule has 4 heteroatoms. The van der Waals surface area contributed by atoms with Gasteiger partial charge in [0, 0.05) is 17.8 Å². The minimum atomic E-state index is 0.0308. The normalized spacial score (nSPS) is 12.5. The van der Waals surface area contributed by atoms with E-state index in [-0.39, 0.29) is 12.6 Å². The Morgan fingerprint density at radius 2 is 2.11 bits per heavy atom. The Kier molecular flexibility index (Phi) is 5.51. The van der Waals surface area contributed by atoms with Crippen LogP contribution < -0.4 is 5.32 Å². The molecule has 0 saturated carbocycles. The van der Waals surface area contributed by atoms with Crippen LogP contribution in [0.1, 0.15) is 35.7 Å². The van der Waals surface area contributed by atoms with Gasteiger partial charge in [-0.1, -0.05) is 37.3 Å². The van der Waals surface area contributed by atoms with Crippen LogP contribution in [0.5, 0.6) is 0 Å². The SMILES string of the molecule is CCCNC(Cc1csc(CO)n1)c1ccccc1. The summed E-state index contributed by atoms with van der Waals surface area (Å²) in [5.41, 5.74) is 2.33. The first-order chi connectivity index (χ1) is 9.33. The Hall–Kier alpha value is -1.23. The average Bonchev–Trinajstić information content (AvgIpc) is 2.92. The Balaban J connectivity index is 2.09. The molecule has 1 aromatic carbocycles. The van der Waals surface area contributed by atoms with Gasteiger partial charge in [-0.25, -0.2) is 4.98 Å². The van der Waals surface area contributed by atoms with Crippen LogP contribution in [-0.4, -0.2) is 16.6 Å². The zero-order chi connectivity index (χ0) is 13.5. The highest BCUT2D eigenvalue weighted by Crippen LogP contribution is 2.20. The van der Waals surface area contributed by atoms with Crippen molar-refractivity contribution in [1.29, 1.82) is 0 Å². The molecular weight excluding hydrogens is 256 g/mol. The standard InChI is InChI=1S/C15H20N2OS/c1-2-8-16-14(12-6-4-3-5-7-12)9-13-11-19-15(10-18)17-13/h3-7,11,14,16,18H,2,8-10H2,1H3. The van der Waals surface area contributed by atoms with Crippen LogP contribution in [0.25, 0.3) is 0 Å². The molecule has 0 amide bonds. The summed E-state index contributed by atoms with van der Waals surface area (Å²) in [6.07, 6.45) is 1.98. The lowest BCUT2D eigenvalue weighted by atomic mass is 10.0. The van der Waals surface area contributed by atoms with E-state index in [0.717, 1.165) is 30.1 Å². The van der Waals surface area contributed by atoms with Gasteiger partial charge in [0.15, 0.2) is 0 Å². The fourth-order valence-electron chi connectivity index (χ4n) is 2.04. The van der Waals surface area contributed by atoms with Gasteiger partial charge in [0.25, 0.3) is 0 Å². The average molecular weight is 276 g/mol. The highest BCUT2D eigenvalue weighted by molar-refractivity contribution is 7.09. The molecule has 3 nitrogen and oxygen atoms in total. The Bertz CT molecular complexity index is 484. The van der Waals surface area contributed by atoms with Crippen molar-refractivity contribution in [3.63, 3.8) is 0 Å². The first-order valence-corrected chi connectivity index (χ1v) is 7.54. The van der Waals surface area contributed by atoms with Gasteiger partial charge in [-0.15, -0.1) is 11.3 Å². The number of benzene rings is 1. The summed E-state index contributed by atoms with van der Waals surface area (Å²) < 4.78 is 0. The third-order valence-corrected chi connectivity index (χ3v) is 3.87. The van der Waals surface area contributed by atoms with Crippen LogP contribution in [-0.2, 0) is 13.0 Å². The Morgan fingerprint density at radius 1 is 1.32 bits per heavy atom. The number of aromatic nitrogens is 1. The molecule has 0 radical (unpaired) electrons. The van der Waals surface area contributed by atoms with Crippen LogP contribution in [0.2, 0.25) is 0 Å². The Morgan fingerprint density at radius 3 is 2.74 bits per heavy atom. The van der Waals surface area contributed by atoms with Crippen LogP contribution in [0.15, 0.2) is 35.7 Å². The molecule has 0 saturated heterocycles. The maximum absolute atomic E-state index is 9.08. The lowest BCUT2D eigenvalue weighted by Gasteiger charge is -2.18. The molecule has 0 fully saturated rings. The van der Waals surface area contributed by atoms with E-state index < -0.39 is 0 Å². The zero-order valence-electron chi connectivity index (χ0n) is 11.2. The maximum atomic E-state index is 9.08. The zero-order valence-corrected chi connectivity index (χ0v) is 12.0. The van der Waals surface area contributed by atoms with Crippen molar-refractivity contribution in [1.82, 2.24) is 10.3 Å². The van der Waals surface area contributed by atoms with Gasteiger partial charge in [-0.3, -0.25) is 0 Å². The summed E-state index contributed by atoms with van der Waals surface area (Å²) in [6, 6.07) is 10.7. The summed E-state index contributed by atoms with van der Waals surface area (Å²) >= 11 is 1.52. The molecule has 2 N–H and O–H groups in total. The lowest BCUT2D eigenvalue weighted by Crippen LogP contribution is -2.24. The van der Waals surface area contributed by atoms with E-state index >= 15 is 0 Å². The van der Waals surface area contributed by atoms with Crippen molar-refractivity contribution < 1.29 is 5.11 Å². The van der Waals surface area contributed by atoms with Crippen LogP contribution in [0.3, 0.4) is 0 Å². The number of hydrogen-bond donors (Lipinski definition) is 2. The van der Waals surface area contributed by atoms with E-state index in [1.807, 2.05) is 11.4 Å². The summed E-state index contributed by atoms with van der Waals surface area (Å²) in [7, 11) is 0. The minimum Gasteiger partial charge on any atom is -0.389 e. The third-order valence-electron chi connectivity index (χ3n) is 2.99. The van der Waals surface area contributed by atoms with E-state index in [4.69, 9.17) is 5.11 Å². The predicted octanol–water partition coefficient (Wildman–Crippen LogP) is 2.92. The molecule has 1 atom stereocenters. The molecule has 0 aliphatic carbocycles. The second-order valence-corrected chi connectivity index (χ2v) is 5.45. The largest absolute Gasteiger partial charge is 0.389 e. The number of hydrogen-bond acceptors (Lipinski definition) is 4. The van der Waals surface area contributed by atoms with E-state index in [2.05, 4.69) is 41.5 Å². The molecule has 2 aromatic rings. The summed E-state index contributed by atoms with van der Waals surface area (Å²) in [5.74, 6) is 0. The maximum Gasteiger partial charge on any atom is 0.118 e. The van der Waals surface area contributed by atoms with Gasteiger partial charge >= 0.3 is 0 Å². The van der Waals surface area contributed by atoms with Crippen molar-refractivity contribution in [2.75, 3.05) is 6.54 Å². The highest BCUT2D eigenvalue weighted by atomic mass is 32.1. The van der Waals surface area contributed by atoms with Crippen molar-refractivity contribution in [3.05, 3.63) is 52.0 Å². The first-order valence-electron chi connectivity index (χ1n) is 6.66. The van der Waals surface area contributed by atoms with Crippen molar-refractivity contribution in [2.45, 2.75) is 32.4 Å². The first kappa shape index (κ1) is 14.2. The second kappa shape index (κ2) is 7.38. The van der Waals surface area contributed by atoms with Gasteiger partial charge < -0.3 is 10.4 Å². The van der Waals surface area contributed by atoms with E-state index in [1.54, 1.807) is 0 Å². The molecule has 19 heavy (non-hydrogen) atoms. The van der Waals surface area contributed by atoms with Gasteiger partial charge in [0.1, 0.15) is 5.01 Å².